The molecule has 684 valence electrons. The van der Waals surface area contributed by atoms with E-state index in [9.17, 15) is 0 Å². The Morgan fingerprint density at radius 3 is 1.03 bits per heavy atom. The molecular formula is C135H95BN7OP. The minimum atomic E-state index is -3.10. The number of benzene rings is 20. The van der Waals surface area contributed by atoms with Gasteiger partial charge in [-0.3, -0.25) is 0 Å². The number of aromatic nitrogens is 5. The number of rotatable bonds is 18. The van der Waals surface area contributed by atoms with E-state index in [2.05, 4.69) is 482 Å². The molecule has 10 heteroatoms. The van der Waals surface area contributed by atoms with Crippen molar-refractivity contribution in [1.29, 1.82) is 1.34 Å². The molecule has 1 atom stereocenters. The predicted octanol–water partition coefficient (Wildman–Crippen LogP) is 33.1. The number of para-hydroxylation sites is 8. The van der Waals surface area contributed by atoms with Crippen LogP contribution in [0.2, 0.25) is 0 Å². The molecule has 24 aromatic rings. The zero-order valence-electron chi connectivity index (χ0n) is 80.4. The van der Waals surface area contributed by atoms with Gasteiger partial charge in [-0.25, -0.2) is 15.0 Å². The van der Waals surface area contributed by atoms with Crippen LogP contribution < -0.4 is 25.7 Å². The summed E-state index contributed by atoms with van der Waals surface area (Å²) in [6, 6.07) is 183. The summed E-state index contributed by atoms with van der Waals surface area (Å²) < 4.78 is 25.2. The highest BCUT2D eigenvalue weighted by Gasteiger charge is 2.38. The minimum absolute atomic E-state index is 0.192. The molecule has 3 aliphatic rings. The lowest BCUT2D eigenvalue weighted by molar-refractivity contribution is 0.592. The molecule has 145 heavy (non-hydrogen) atoms. The summed E-state index contributed by atoms with van der Waals surface area (Å²) in [5.74, 6) is 0.889. The lowest BCUT2D eigenvalue weighted by atomic mass is 9.69. The molecule has 27 rings (SSSR count). The van der Waals surface area contributed by atoms with Gasteiger partial charge in [-0.05, 0) is 195 Å². The van der Waals surface area contributed by atoms with Crippen LogP contribution in [0.5, 0.6) is 0 Å². The van der Waals surface area contributed by atoms with E-state index in [4.69, 9.17) is 16.3 Å². The Balaban J connectivity index is 0.000000117. The van der Waals surface area contributed by atoms with Gasteiger partial charge in [0.2, 0.25) is 0 Å². The van der Waals surface area contributed by atoms with Crippen LogP contribution >= 0.6 is 7.14 Å². The Kier molecular flexibility index (Phi) is 23.7. The monoisotopic (exact) mass is 1870 g/mol. The van der Waals surface area contributed by atoms with E-state index >= 15 is 4.57 Å². The molecule has 0 bridgehead atoms. The van der Waals surface area contributed by atoms with Gasteiger partial charge in [0.25, 0.3) is 0 Å². The Labute approximate surface area is 846 Å². The van der Waals surface area contributed by atoms with Crippen molar-refractivity contribution in [1.82, 2.24) is 24.1 Å². The third-order valence-corrected chi connectivity index (χ3v) is 31.3. The highest BCUT2D eigenvalue weighted by molar-refractivity contribution is 7.85. The van der Waals surface area contributed by atoms with E-state index in [1.54, 1.807) is 0 Å². The highest BCUT2D eigenvalue weighted by Crippen LogP contribution is 2.55. The van der Waals surface area contributed by atoms with Gasteiger partial charge in [-0.2, -0.15) is 0 Å². The maximum atomic E-state index is 15.1. The quantitative estimate of drug-likeness (QED) is 0.0484. The van der Waals surface area contributed by atoms with Gasteiger partial charge in [0.15, 0.2) is 13.0 Å². The lowest BCUT2D eigenvalue weighted by Crippen LogP contribution is -2.27. The SMILES string of the molecule is C1=Cc2c(N(c3ccccc3)c3ccccc3)ccc3c2C2C1=CC=C(N(c1ccccc1)c1ccccc1)C2=CC3.O=P(c1ccccc1)(c1ccccc1)c1ccc(-c2c3ccccc3c(-c3cc(-c4ccccc4)nc(-c4ccccc4)c3)c3ccccc23)cc1.[2H][B].c1ccc(-c2cc(-c3cc(-n4c5ccccc5c5ccccc54)cc(-n4c5ccccc5c5ccccc54)c3)nc(-c3ccccc3)n2)cc1. The molecule has 3 aliphatic carbocycles. The minimum Gasteiger partial charge on any atom is -0.310 e. The number of hydrogen-bond donors (Lipinski definition) is 0. The van der Waals surface area contributed by atoms with Crippen LogP contribution in [0.1, 0.15) is 22.6 Å². The third kappa shape index (κ3) is 16.6. The fourth-order valence-electron chi connectivity index (χ4n) is 21.7. The molecular weight excluding hydrogens is 1780 g/mol. The second-order valence-corrected chi connectivity index (χ2v) is 39.4. The summed E-state index contributed by atoms with van der Waals surface area (Å²) in [6.07, 6.45) is 12.7. The molecule has 4 heterocycles. The van der Waals surface area contributed by atoms with Gasteiger partial charge in [-0.1, -0.05) is 431 Å². The van der Waals surface area contributed by atoms with Gasteiger partial charge in [0.05, 0.1) is 50.5 Å². The van der Waals surface area contributed by atoms with Crippen molar-refractivity contribution < 1.29 is 4.57 Å². The lowest BCUT2D eigenvalue weighted by Gasteiger charge is -2.40. The van der Waals surface area contributed by atoms with E-state index in [0.717, 1.165) is 157 Å². The van der Waals surface area contributed by atoms with Crippen LogP contribution in [0, 0.1) is 0 Å². The van der Waals surface area contributed by atoms with Crippen molar-refractivity contribution in [2.45, 2.75) is 12.3 Å². The number of allylic oxidation sites excluding steroid dienone is 6. The number of anilines is 5. The average Bonchev–Trinajstić information content (AvgIpc) is 0.884. The second-order valence-electron chi connectivity index (χ2n) is 36.6. The Bertz CT molecular complexity index is 8640. The summed E-state index contributed by atoms with van der Waals surface area (Å²) in [7, 11) is 0.652. The van der Waals surface area contributed by atoms with Crippen molar-refractivity contribution in [3.05, 3.63) is 580 Å². The molecule has 8 nitrogen and oxygen atoms in total. The Morgan fingerprint density at radius 1 is 0.283 bits per heavy atom. The van der Waals surface area contributed by atoms with Crippen molar-refractivity contribution in [2.75, 3.05) is 9.80 Å². The fourth-order valence-corrected chi connectivity index (χ4v) is 24.3. The van der Waals surface area contributed by atoms with Gasteiger partial charge < -0.3 is 23.5 Å². The molecule has 0 amide bonds. The van der Waals surface area contributed by atoms with Crippen LogP contribution in [0.15, 0.2) is 563 Å². The van der Waals surface area contributed by atoms with Gasteiger partial charge in [-0.15, -0.1) is 0 Å². The molecule has 4 aromatic heterocycles. The van der Waals surface area contributed by atoms with Crippen LogP contribution in [-0.2, 0) is 11.0 Å². The summed E-state index contributed by atoms with van der Waals surface area (Å²) in [5.41, 5.74) is 34.1. The molecule has 0 fully saturated rings. The predicted molar refractivity (Wildman–Crippen MR) is 610 cm³/mol. The summed E-state index contributed by atoms with van der Waals surface area (Å²) in [6.45, 7) is 0. The van der Waals surface area contributed by atoms with E-state index in [0.29, 0.717) is 5.82 Å². The largest absolute Gasteiger partial charge is 0.310 e. The highest BCUT2D eigenvalue weighted by atomic mass is 31.2. The maximum absolute atomic E-state index is 15.1. The van der Waals surface area contributed by atoms with Crippen LogP contribution in [0.4, 0.5) is 28.4 Å². The van der Waals surface area contributed by atoms with Crippen LogP contribution in [0.25, 0.3) is 161 Å². The smallest absolute Gasteiger partial charge is 0.171 e. The van der Waals surface area contributed by atoms with E-state index in [-0.39, 0.29) is 5.92 Å². The summed E-state index contributed by atoms with van der Waals surface area (Å²) >= 11 is 0. The number of nitrogens with zero attached hydrogens (tertiary/aromatic N) is 7. The van der Waals surface area contributed by atoms with E-state index < -0.39 is 7.14 Å². The Morgan fingerprint density at radius 2 is 0.621 bits per heavy atom. The van der Waals surface area contributed by atoms with Crippen molar-refractivity contribution >= 4 is 131 Å². The molecule has 0 saturated carbocycles. The van der Waals surface area contributed by atoms with E-state index in [1.165, 1.54) is 77.1 Å². The number of hydrogen-bond acceptors (Lipinski definition) is 6. The maximum Gasteiger partial charge on any atom is 0.171 e. The van der Waals surface area contributed by atoms with Gasteiger partial charge >= 0.3 is 0 Å². The summed E-state index contributed by atoms with van der Waals surface area (Å²) in [4.78, 5) is 20.3. The molecule has 0 spiro atoms. The second kappa shape index (κ2) is 39.0. The molecule has 20 aromatic carbocycles. The normalized spacial score (nSPS) is 12.8. The molecule has 0 aliphatic heterocycles. The average molecular weight is 1870 g/mol. The zero-order valence-corrected chi connectivity index (χ0v) is 80.3. The third-order valence-electron chi connectivity index (χ3n) is 28.2. The van der Waals surface area contributed by atoms with E-state index in [1.807, 2.05) is 97.1 Å². The molecule has 0 saturated heterocycles. The first-order chi connectivity index (χ1) is 72.3. The van der Waals surface area contributed by atoms with Gasteiger partial charge in [0.1, 0.15) is 0 Å². The molecule has 0 N–H and O–H groups in total. The first-order valence-electron chi connectivity index (χ1n) is 49.7. The first kappa shape index (κ1) is 88.1. The molecule has 2 radical (unpaired) electrons. The zero-order chi connectivity index (χ0) is 97.8. The van der Waals surface area contributed by atoms with Crippen molar-refractivity contribution in [3.63, 3.8) is 0 Å². The van der Waals surface area contributed by atoms with Crippen molar-refractivity contribution in [3.8, 4) is 90.0 Å². The van der Waals surface area contributed by atoms with Gasteiger partial charge in [0, 0.05) is 125 Å². The Hall–Kier alpha value is -18.4. The topological polar surface area (TPSA) is 72.1 Å². The first-order valence-corrected chi connectivity index (χ1v) is 50.8. The number of fused-ring (bicyclic) bond motifs is 8. The number of pyridine rings is 1. The van der Waals surface area contributed by atoms with Crippen molar-refractivity contribution in [2.24, 2.45) is 0 Å². The van der Waals surface area contributed by atoms with Crippen LogP contribution in [-0.4, -0.2) is 33.8 Å². The molecule has 1 unspecified atom stereocenters. The fraction of sp³-hybridized carbons (Fsp3) is 0.0148. The van der Waals surface area contributed by atoms with Crippen LogP contribution in [0.3, 0.4) is 0 Å². The standard InChI is InChI=1S/C49H34NOP.C46H30N4.C40H30N2.BH/c51-52(39-21-9-3-10-22-39,40-23-11-4-12-24-40)41-31-29-37(30-32-41)48-42-25-13-15-27-44(42)49(45-28-16-14-26-43(45)48)38-33-46(35-17-5-1-6-18-35)50-47(34-38)36-19-7-2-8-20-36;1-3-15-31(16-4-1)40-30-41(48-46(47-40)32-17-5-2-6-18-32)33-27-34(49-42-23-11-7-19-36(42)37-20-8-12-24-43(37)49)29-35(28-33)50-44-25-13-9-21-38(44)39-22-10-14-26-45(39)50;1-5-13-31(14-6-1)41(32-15-7-2-8-16-32)37-27-23-29-22-26-36-38(28-24-30-21-25-35(37)39(29)40(30)36)42(33-17-9-3-10-18-33)34-19-11-4-12-20-34;/h1-34H;1-30H;1-21,23-28,40H,22H2;1H/i;;;1D. The summed E-state index contributed by atoms with van der Waals surface area (Å²) in [5, 5.41) is 12.1.